The smallest absolute Gasteiger partial charge is 0.409 e. The van der Waals surface area contributed by atoms with Crippen LogP contribution in [0.4, 0.5) is 10.5 Å². The van der Waals surface area contributed by atoms with Crippen molar-refractivity contribution < 1.29 is 48.0 Å². The Labute approximate surface area is 328 Å². The molecule has 0 unspecified atom stereocenters. The zero-order valence-electron chi connectivity index (χ0n) is 33.2. The lowest BCUT2D eigenvalue weighted by Gasteiger charge is -2.42. The standard InChI is InChI=1S/C39H56ClN3O10S/c1-22-13-12-14-29(50-10)39(48)21-28(51-36(47)41-39)23(2)34-38(6,53-34)30(52-35(46)24(3)42(7)31(44)15-16-37(4,5)54-11)20-32(45)43(8)26-18-25(17-22)19-27(49-9)33(26)40/h12-14,18-19,23-24,28-30,34,48H,15-17,20-21H2,1-11H3,(H,41,47)/t23-,24+,28+,29-,30+,34+,38+,39+/m1/s1. The van der Waals surface area contributed by atoms with Gasteiger partial charge in [0.05, 0.1) is 25.3 Å². The van der Waals surface area contributed by atoms with Crippen molar-refractivity contribution >= 4 is 52.9 Å². The number of allylic oxidation sites excluding steroid dienone is 3. The molecule has 8 atom stereocenters. The lowest BCUT2D eigenvalue weighted by atomic mass is 9.83. The van der Waals surface area contributed by atoms with Gasteiger partial charge in [-0.15, -0.1) is 0 Å². The number of ether oxygens (including phenoxy) is 5. The number of aliphatic hydroxyl groups is 1. The number of anilines is 1. The molecule has 0 aliphatic carbocycles. The lowest BCUT2D eigenvalue weighted by Crippen LogP contribution is -2.63. The second-order valence-electron chi connectivity index (χ2n) is 15.4. The van der Waals surface area contributed by atoms with E-state index in [4.69, 9.17) is 35.3 Å². The Bertz CT molecular complexity index is 1650. The first-order valence-electron chi connectivity index (χ1n) is 18.1. The highest BCUT2D eigenvalue weighted by atomic mass is 35.5. The molecule has 13 nitrogen and oxygen atoms in total. The summed E-state index contributed by atoms with van der Waals surface area (Å²) in [5.41, 5.74) is -0.894. The quantitative estimate of drug-likeness (QED) is 0.243. The molecule has 2 N–H and O–H groups in total. The minimum absolute atomic E-state index is 0.0467. The van der Waals surface area contributed by atoms with E-state index in [2.05, 4.69) is 19.2 Å². The van der Waals surface area contributed by atoms with Gasteiger partial charge in [0.1, 0.15) is 40.7 Å². The number of methoxy groups -OCH3 is 2. The summed E-state index contributed by atoms with van der Waals surface area (Å²) < 4.78 is 29.2. The van der Waals surface area contributed by atoms with Gasteiger partial charge in [-0.05, 0) is 57.6 Å². The van der Waals surface area contributed by atoms with Gasteiger partial charge in [0.2, 0.25) is 11.8 Å². The fraction of sp³-hybridized carbons (Fsp3) is 0.641. The first kappa shape index (κ1) is 43.4. The van der Waals surface area contributed by atoms with Gasteiger partial charge in [-0.1, -0.05) is 56.2 Å². The molecule has 3 aliphatic heterocycles. The number of carbonyl (C=O) groups excluding carboxylic acids is 4. The van der Waals surface area contributed by atoms with Crippen LogP contribution in [-0.2, 0) is 39.8 Å². The van der Waals surface area contributed by atoms with E-state index >= 15 is 0 Å². The van der Waals surface area contributed by atoms with Gasteiger partial charge in [-0.2, -0.15) is 11.8 Å². The lowest BCUT2D eigenvalue weighted by molar-refractivity contribution is -0.162. The molecular formula is C39H56ClN3O10S. The topological polar surface area (TPSA) is 156 Å². The molecule has 0 radical (unpaired) electrons. The summed E-state index contributed by atoms with van der Waals surface area (Å²) in [5.74, 6) is -1.50. The predicted octanol–water partition coefficient (Wildman–Crippen LogP) is 5.44. The average molecular weight is 794 g/mol. The zero-order valence-corrected chi connectivity index (χ0v) is 34.8. The molecule has 0 aromatic heterocycles. The van der Waals surface area contributed by atoms with Crippen LogP contribution in [0, 0.1) is 5.92 Å². The van der Waals surface area contributed by atoms with Crippen LogP contribution in [0.3, 0.4) is 0 Å². The minimum Gasteiger partial charge on any atom is -0.495 e. The number of fused-ring (bicyclic) bond motifs is 5. The third-order valence-electron chi connectivity index (χ3n) is 11.0. The first-order chi connectivity index (χ1) is 25.2. The Morgan fingerprint density at radius 2 is 1.94 bits per heavy atom. The van der Waals surface area contributed by atoms with Crippen molar-refractivity contribution in [1.82, 2.24) is 10.2 Å². The molecule has 300 valence electrons. The second-order valence-corrected chi connectivity index (χ2v) is 17.3. The van der Waals surface area contributed by atoms with Crippen LogP contribution in [0.15, 0.2) is 35.9 Å². The third-order valence-corrected chi connectivity index (χ3v) is 12.7. The molecule has 15 heteroatoms. The van der Waals surface area contributed by atoms with Crippen LogP contribution in [0.25, 0.3) is 0 Å². The number of alkyl carbamates (subject to hydrolysis) is 1. The summed E-state index contributed by atoms with van der Waals surface area (Å²) >= 11 is 8.43. The molecule has 4 bridgehead atoms. The van der Waals surface area contributed by atoms with E-state index in [1.54, 1.807) is 70.9 Å². The van der Waals surface area contributed by atoms with Crippen molar-refractivity contribution in [2.75, 3.05) is 39.5 Å². The number of hydrogen-bond donors (Lipinski definition) is 2. The molecule has 1 aromatic rings. The number of nitrogens with one attached hydrogen (secondary N) is 1. The summed E-state index contributed by atoms with van der Waals surface area (Å²) in [6, 6.07) is 2.63. The number of halogens is 1. The third kappa shape index (κ3) is 9.73. The van der Waals surface area contributed by atoms with E-state index in [-0.39, 0.29) is 34.9 Å². The SMILES string of the molecule is COc1cc2cc(c1Cl)N(C)C(=O)C[C@H](OC(=O)[C@H](C)N(C)C(=O)CCC(C)(C)SC)[C@]1(C)O[C@H]1[C@H](C)[C@@H]1C[C@@](O)(NC(=O)O1)[C@H](OC)C=CC=C(C)C2. The summed E-state index contributed by atoms with van der Waals surface area (Å²) in [6.07, 6.45) is 3.84. The van der Waals surface area contributed by atoms with E-state index in [0.29, 0.717) is 24.3 Å². The number of epoxide rings is 1. The van der Waals surface area contributed by atoms with Gasteiger partial charge >= 0.3 is 12.1 Å². The van der Waals surface area contributed by atoms with Gasteiger partial charge in [-0.3, -0.25) is 14.9 Å². The maximum absolute atomic E-state index is 14.2. The number of likely N-dealkylation sites (N-methyl/N-ethyl adjacent to an activating group) is 1. The highest BCUT2D eigenvalue weighted by molar-refractivity contribution is 7.99. The van der Waals surface area contributed by atoms with Crippen LogP contribution in [0.2, 0.25) is 5.02 Å². The van der Waals surface area contributed by atoms with Crippen molar-refractivity contribution in [3.8, 4) is 5.75 Å². The fourth-order valence-corrected chi connectivity index (χ4v) is 7.52. The molecule has 1 aromatic carbocycles. The van der Waals surface area contributed by atoms with Crippen molar-refractivity contribution in [1.29, 1.82) is 0 Å². The minimum atomic E-state index is -1.82. The predicted molar refractivity (Wildman–Crippen MR) is 208 cm³/mol. The number of benzene rings is 1. The number of amides is 3. The maximum atomic E-state index is 14.2. The number of esters is 1. The Morgan fingerprint density at radius 1 is 1.26 bits per heavy atom. The van der Waals surface area contributed by atoms with E-state index < -0.39 is 65.7 Å². The van der Waals surface area contributed by atoms with Crippen molar-refractivity contribution in [3.05, 3.63) is 46.5 Å². The molecule has 2 saturated heterocycles. The van der Waals surface area contributed by atoms with Crippen LogP contribution < -0.4 is 15.0 Å². The van der Waals surface area contributed by atoms with E-state index in [1.165, 1.54) is 24.0 Å². The maximum Gasteiger partial charge on any atom is 0.409 e. The zero-order chi connectivity index (χ0) is 40.3. The Hall–Kier alpha value is -3.30. The highest BCUT2D eigenvalue weighted by Gasteiger charge is 2.64. The molecule has 2 fully saturated rings. The Balaban J connectivity index is 1.73. The molecule has 0 saturated carbocycles. The summed E-state index contributed by atoms with van der Waals surface area (Å²) in [5, 5.41) is 14.5. The van der Waals surface area contributed by atoms with Crippen molar-refractivity contribution in [2.45, 2.75) is 120 Å². The van der Waals surface area contributed by atoms with Crippen molar-refractivity contribution in [2.24, 2.45) is 5.92 Å². The van der Waals surface area contributed by atoms with Crippen LogP contribution in [0.5, 0.6) is 5.75 Å². The van der Waals surface area contributed by atoms with Gasteiger partial charge in [0.25, 0.3) is 0 Å². The van der Waals surface area contributed by atoms with Gasteiger partial charge in [0, 0.05) is 44.7 Å². The number of thioether (sulfide) groups is 1. The van der Waals surface area contributed by atoms with E-state index in [9.17, 15) is 24.3 Å². The summed E-state index contributed by atoms with van der Waals surface area (Å²) in [6.45, 7) is 11.2. The van der Waals surface area contributed by atoms with E-state index in [1.807, 2.05) is 19.3 Å². The number of rotatable bonds is 9. The molecule has 3 amide bonds. The highest BCUT2D eigenvalue weighted by Crippen LogP contribution is 2.49. The normalized spacial score (nSPS) is 29.6. The molecule has 3 heterocycles. The van der Waals surface area contributed by atoms with Crippen LogP contribution in [-0.4, -0.2) is 115 Å². The van der Waals surface area contributed by atoms with Crippen LogP contribution >= 0.6 is 23.4 Å². The fourth-order valence-electron chi connectivity index (χ4n) is 6.90. The molecular weight excluding hydrogens is 738 g/mol. The monoisotopic (exact) mass is 793 g/mol. The largest absolute Gasteiger partial charge is 0.495 e. The molecule has 0 spiro atoms. The van der Waals surface area contributed by atoms with Gasteiger partial charge < -0.3 is 38.6 Å². The molecule has 4 rings (SSSR count). The second kappa shape index (κ2) is 17.2. The first-order valence-corrected chi connectivity index (χ1v) is 19.7. The van der Waals surface area contributed by atoms with Gasteiger partial charge in [0.15, 0.2) is 5.72 Å². The number of nitrogens with zero attached hydrogens (tertiary/aromatic N) is 2. The van der Waals surface area contributed by atoms with E-state index in [0.717, 1.165) is 11.1 Å². The number of carbonyl (C=O) groups is 4. The average Bonchev–Trinajstić information content (AvgIpc) is 3.82. The molecule has 3 aliphatic rings. The van der Waals surface area contributed by atoms with Crippen LogP contribution in [0.1, 0.15) is 72.8 Å². The Morgan fingerprint density at radius 3 is 2.57 bits per heavy atom. The summed E-state index contributed by atoms with van der Waals surface area (Å²) in [4.78, 5) is 56.8. The van der Waals surface area contributed by atoms with Crippen molar-refractivity contribution in [3.63, 3.8) is 0 Å². The summed E-state index contributed by atoms with van der Waals surface area (Å²) in [7, 11) is 6.07. The Kier molecular flexibility index (Phi) is 13.9. The number of hydrogen-bond acceptors (Lipinski definition) is 11. The molecule has 54 heavy (non-hydrogen) atoms. The van der Waals surface area contributed by atoms with Gasteiger partial charge in [-0.25, -0.2) is 9.59 Å².